The van der Waals surface area contributed by atoms with E-state index in [2.05, 4.69) is 17.4 Å². The zero-order valence-electron chi connectivity index (χ0n) is 11.7. The SMILES string of the molecule is CC1(C(=O)c2ccc(C3CCC3)cc2)CCCCN1. The van der Waals surface area contributed by atoms with Crippen LogP contribution in [0.3, 0.4) is 0 Å². The average molecular weight is 257 g/mol. The zero-order chi connectivity index (χ0) is 13.3. The molecular weight excluding hydrogens is 234 g/mol. The number of carbonyl (C=O) groups excluding carboxylic acids is 1. The summed E-state index contributed by atoms with van der Waals surface area (Å²) in [5.74, 6) is 1.000. The Morgan fingerprint density at radius 2 is 1.89 bits per heavy atom. The highest BCUT2D eigenvalue weighted by Crippen LogP contribution is 2.36. The van der Waals surface area contributed by atoms with Crippen molar-refractivity contribution in [1.29, 1.82) is 0 Å². The molecule has 1 aliphatic carbocycles. The number of Topliss-reactive ketones (excluding diaryl/α,β-unsaturated/α-hetero) is 1. The van der Waals surface area contributed by atoms with E-state index < -0.39 is 0 Å². The summed E-state index contributed by atoms with van der Waals surface area (Å²) in [6.45, 7) is 3.01. The fourth-order valence-electron chi connectivity index (χ4n) is 3.22. The maximum atomic E-state index is 12.6. The molecule has 19 heavy (non-hydrogen) atoms. The molecule has 1 unspecified atom stereocenters. The van der Waals surface area contributed by atoms with E-state index in [0.717, 1.165) is 30.9 Å². The summed E-state index contributed by atoms with van der Waals surface area (Å²) in [5.41, 5.74) is 1.92. The number of carbonyl (C=O) groups is 1. The summed E-state index contributed by atoms with van der Waals surface area (Å²) < 4.78 is 0. The molecular formula is C17H23NO. The number of benzene rings is 1. The normalized spacial score (nSPS) is 27.8. The van der Waals surface area contributed by atoms with E-state index in [1.807, 2.05) is 19.1 Å². The van der Waals surface area contributed by atoms with E-state index in [4.69, 9.17) is 0 Å². The molecule has 1 saturated carbocycles. The van der Waals surface area contributed by atoms with E-state index in [9.17, 15) is 4.79 Å². The van der Waals surface area contributed by atoms with Crippen LogP contribution in [-0.4, -0.2) is 17.9 Å². The van der Waals surface area contributed by atoms with Crippen LogP contribution in [0.2, 0.25) is 0 Å². The van der Waals surface area contributed by atoms with Gasteiger partial charge in [0.1, 0.15) is 0 Å². The van der Waals surface area contributed by atoms with Crippen molar-refractivity contribution in [3.05, 3.63) is 35.4 Å². The van der Waals surface area contributed by atoms with Crippen molar-refractivity contribution in [1.82, 2.24) is 5.32 Å². The van der Waals surface area contributed by atoms with Crippen molar-refractivity contribution in [3.63, 3.8) is 0 Å². The molecule has 0 spiro atoms. The maximum Gasteiger partial charge on any atom is 0.182 e. The van der Waals surface area contributed by atoms with Gasteiger partial charge in [-0.15, -0.1) is 0 Å². The number of hydrogen-bond acceptors (Lipinski definition) is 2. The summed E-state index contributed by atoms with van der Waals surface area (Å²) in [5, 5.41) is 3.40. The van der Waals surface area contributed by atoms with Crippen LogP contribution < -0.4 is 5.32 Å². The number of ketones is 1. The fourth-order valence-corrected chi connectivity index (χ4v) is 3.22. The van der Waals surface area contributed by atoms with E-state index in [-0.39, 0.29) is 11.3 Å². The molecule has 1 aromatic rings. The molecule has 2 aliphatic rings. The Morgan fingerprint density at radius 3 is 2.42 bits per heavy atom. The van der Waals surface area contributed by atoms with Crippen LogP contribution in [0, 0.1) is 0 Å². The molecule has 2 fully saturated rings. The van der Waals surface area contributed by atoms with Gasteiger partial charge in [0, 0.05) is 5.56 Å². The minimum Gasteiger partial charge on any atom is -0.305 e. The molecule has 3 rings (SSSR count). The minimum atomic E-state index is -0.351. The lowest BCUT2D eigenvalue weighted by atomic mass is 9.79. The maximum absolute atomic E-state index is 12.6. The molecule has 1 N–H and O–H groups in total. The number of piperidine rings is 1. The van der Waals surface area contributed by atoms with Crippen molar-refractivity contribution in [2.24, 2.45) is 0 Å². The Kier molecular flexibility index (Phi) is 3.44. The highest BCUT2D eigenvalue weighted by Gasteiger charge is 2.34. The molecule has 0 radical (unpaired) electrons. The van der Waals surface area contributed by atoms with Crippen LogP contribution in [0.25, 0.3) is 0 Å². The molecule has 1 atom stereocenters. The first-order chi connectivity index (χ1) is 9.19. The summed E-state index contributed by atoms with van der Waals surface area (Å²) in [6, 6.07) is 8.36. The smallest absolute Gasteiger partial charge is 0.182 e. The van der Waals surface area contributed by atoms with Gasteiger partial charge < -0.3 is 5.32 Å². The summed E-state index contributed by atoms with van der Waals surface area (Å²) >= 11 is 0. The van der Waals surface area contributed by atoms with Gasteiger partial charge in [-0.3, -0.25) is 4.79 Å². The zero-order valence-corrected chi connectivity index (χ0v) is 11.7. The second-order valence-electron chi connectivity index (χ2n) is 6.29. The predicted molar refractivity (Wildman–Crippen MR) is 77.6 cm³/mol. The average Bonchev–Trinajstić information content (AvgIpc) is 2.38. The molecule has 2 heteroatoms. The Hall–Kier alpha value is -1.15. The molecule has 0 amide bonds. The standard InChI is InChI=1S/C17H23NO/c1-17(11-2-3-12-18-17)16(19)15-9-7-14(8-10-15)13-5-4-6-13/h7-10,13,18H,2-6,11-12H2,1H3. The summed E-state index contributed by atoms with van der Waals surface area (Å²) in [7, 11) is 0. The van der Waals surface area contributed by atoms with E-state index >= 15 is 0 Å². The topological polar surface area (TPSA) is 29.1 Å². The van der Waals surface area contributed by atoms with Gasteiger partial charge in [0.05, 0.1) is 5.54 Å². The van der Waals surface area contributed by atoms with Crippen molar-refractivity contribution < 1.29 is 4.79 Å². The first kappa shape index (κ1) is 12.9. The highest BCUT2D eigenvalue weighted by atomic mass is 16.1. The first-order valence-electron chi connectivity index (χ1n) is 7.59. The number of rotatable bonds is 3. The van der Waals surface area contributed by atoms with E-state index in [1.165, 1.54) is 31.2 Å². The third-order valence-electron chi connectivity index (χ3n) is 4.87. The van der Waals surface area contributed by atoms with Crippen molar-refractivity contribution in [2.75, 3.05) is 6.54 Å². The Bertz CT molecular complexity index is 453. The van der Waals surface area contributed by atoms with Gasteiger partial charge in [0.25, 0.3) is 0 Å². The molecule has 0 bridgehead atoms. The van der Waals surface area contributed by atoms with Gasteiger partial charge in [-0.2, -0.15) is 0 Å². The van der Waals surface area contributed by atoms with Gasteiger partial charge >= 0.3 is 0 Å². The number of hydrogen-bond donors (Lipinski definition) is 1. The van der Waals surface area contributed by atoms with Crippen molar-refractivity contribution in [3.8, 4) is 0 Å². The van der Waals surface area contributed by atoms with Gasteiger partial charge in [-0.25, -0.2) is 0 Å². The lowest BCUT2D eigenvalue weighted by molar-refractivity contribution is 0.0835. The van der Waals surface area contributed by atoms with Crippen LogP contribution in [0.1, 0.15) is 67.3 Å². The second-order valence-corrected chi connectivity index (χ2v) is 6.29. The van der Waals surface area contributed by atoms with Crippen LogP contribution in [0.4, 0.5) is 0 Å². The predicted octanol–water partition coefficient (Wildman–Crippen LogP) is 3.67. The summed E-state index contributed by atoms with van der Waals surface area (Å²) in [6.07, 6.45) is 7.27. The van der Waals surface area contributed by atoms with Crippen molar-refractivity contribution >= 4 is 5.78 Å². The first-order valence-corrected chi connectivity index (χ1v) is 7.59. The van der Waals surface area contributed by atoms with Crippen LogP contribution in [0.5, 0.6) is 0 Å². The van der Waals surface area contributed by atoms with Crippen LogP contribution in [0.15, 0.2) is 24.3 Å². The summed E-state index contributed by atoms with van der Waals surface area (Å²) in [4.78, 5) is 12.6. The third kappa shape index (κ3) is 2.46. The fraction of sp³-hybridized carbons (Fsp3) is 0.588. The van der Waals surface area contributed by atoms with Gasteiger partial charge in [-0.1, -0.05) is 30.7 Å². The van der Waals surface area contributed by atoms with Crippen LogP contribution in [-0.2, 0) is 0 Å². The molecule has 1 saturated heterocycles. The largest absolute Gasteiger partial charge is 0.305 e. The molecule has 102 valence electrons. The quantitative estimate of drug-likeness (QED) is 0.837. The monoisotopic (exact) mass is 257 g/mol. The van der Waals surface area contributed by atoms with Gasteiger partial charge in [0.15, 0.2) is 5.78 Å². The Balaban J connectivity index is 1.75. The highest BCUT2D eigenvalue weighted by molar-refractivity contribution is 6.03. The van der Waals surface area contributed by atoms with Gasteiger partial charge in [-0.05, 0) is 57.1 Å². The molecule has 1 aliphatic heterocycles. The van der Waals surface area contributed by atoms with Crippen LogP contribution >= 0.6 is 0 Å². The Labute approximate surface area is 115 Å². The van der Waals surface area contributed by atoms with Crippen molar-refractivity contribution in [2.45, 2.75) is 56.9 Å². The third-order valence-corrected chi connectivity index (χ3v) is 4.87. The van der Waals surface area contributed by atoms with E-state index in [1.54, 1.807) is 0 Å². The lowest BCUT2D eigenvalue weighted by Crippen LogP contribution is -2.52. The number of nitrogens with one attached hydrogen (secondary N) is 1. The van der Waals surface area contributed by atoms with E-state index in [0.29, 0.717) is 0 Å². The molecule has 1 aromatic carbocycles. The molecule has 0 aromatic heterocycles. The minimum absolute atomic E-state index is 0.257. The lowest BCUT2D eigenvalue weighted by Gasteiger charge is -2.33. The van der Waals surface area contributed by atoms with Gasteiger partial charge in [0.2, 0.25) is 0 Å². The molecule has 1 heterocycles. The molecule has 2 nitrogen and oxygen atoms in total. The second kappa shape index (κ2) is 5.09. The Morgan fingerprint density at radius 1 is 1.16 bits per heavy atom.